The molecule has 18 N–H and O–H groups in total. The molecule has 4 aromatic rings. The number of amides is 1. The second kappa shape index (κ2) is 43.0. The van der Waals surface area contributed by atoms with E-state index in [1.165, 1.54) is 76.6 Å². The van der Waals surface area contributed by atoms with Crippen LogP contribution in [0.15, 0.2) is 84.9 Å². The fourth-order valence-electron chi connectivity index (χ4n) is 21.2. The number of nitrogens with zero attached hydrogens (tertiary/aromatic N) is 4. The highest BCUT2D eigenvalue weighted by Gasteiger charge is 2.53. The number of aliphatic carboxylic acids is 3. The van der Waals surface area contributed by atoms with Crippen LogP contribution in [-0.2, 0) is 54.2 Å². The number of carboxylic acids is 3. The summed E-state index contributed by atoms with van der Waals surface area (Å²) in [5, 5.41) is 88.5. The summed E-state index contributed by atoms with van der Waals surface area (Å²) in [7, 11) is -2.46. The summed E-state index contributed by atoms with van der Waals surface area (Å²) in [6, 6.07) is 31.4. The van der Waals surface area contributed by atoms with Gasteiger partial charge in [0.2, 0.25) is 5.91 Å². The van der Waals surface area contributed by atoms with Crippen molar-refractivity contribution in [2.45, 2.75) is 297 Å². The summed E-state index contributed by atoms with van der Waals surface area (Å²) in [6.45, 7) is 15.2. The van der Waals surface area contributed by atoms with Crippen molar-refractivity contribution in [3.63, 3.8) is 0 Å². The van der Waals surface area contributed by atoms with Crippen LogP contribution in [0.3, 0.4) is 0 Å². The van der Waals surface area contributed by atoms with Crippen LogP contribution in [0, 0.1) is 23.7 Å². The van der Waals surface area contributed by atoms with Gasteiger partial charge in [0.25, 0.3) is 0 Å². The quantitative estimate of drug-likeness (QED) is 0.0156. The summed E-state index contributed by atoms with van der Waals surface area (Å²) in [6.07, 6.45) is 26.0. The summed E-state index contributed by atoms with van der Waals surface area (Å²) < 4.78 is 12.2. The van der Waals surface area contributed by atoms with Crippen molar-refractivity contribution in [2.24, 2.45) is 46.6 Å². The topological polar surface area (TPSA) is 398 Å². The summed E-state index contributed by atoms with van der Waals surface area (Å²) in [5.74, 6) is -3.00. The number of nitrogens with two attached hydrogens (primary N) is 4. The van der Waals surface area contributed by atoms with Gasteiger partial charge in [0.1, 0.15) is 16.6 Å². The number of carboxylic acid groups (broad SMARTS) is 3. The Morgan fingerprint density at radius 2 is 0.805 bits per heavy atom. The van der Waals surface area contributed by atoms with Gasteiger partial charge in [0.15, 0.2) is 0 Å². The molecule has 4 aromatic carbocycles. The maximum Gasteiger partial charge on any atom is 0.457 e. The number of hydrogen-bond donors (Lipinski definition) is 14. The van der Waals surface area contributed by atoms with Crippen LogP contribution < -0.4 is 28.3 Å². The third-order valence-corrected chi connectivity index (χ3v) is 29.5. The Kier molecular flexibility index (Phi) is 34.7. The standard InChI is InChI=1S/C27H43BN2O4.C22H35BN2O4.C20H31BClN3O3.C19H28BClN2O4/c1-25(2)26(3,4)34-28(33-25)17-8-7-16-27(29,24(31)32)21-14-18-30(19-15-21)23-13-9-11-20-10-5-6-12-22(20)23;1-24-22(21(26)27,13-4-5-14-23(28)29)18-11-15-25(16-12-18)20-10-6-8-17-7-2-3-9-19(17)20;22-16-4-5-17-14(13-16)3-6-18(17)25-11-7-15(8-12-25)20(24,19(23)26)9-1-2-10-21(27)28;21-15-4-5-16-13(11-15)3-6-17(16)23-10-7-14(12-23)19(22,18(24)25)8-1-2-9-20(26)27/h5-6,10,12,21,23H,7-9,11,13-19,29H2,1-4H3,(H,31,32);2-3,7,9,18,20,24,28-29H,4-6,8,10-16H2,1H3,(H,26,27);4-5,13,15,18,27-28H,1-3,6-12,24H2,(H2,23,26);4-5,11,14,17,26-27H,1-3,6-10,12,22H2,(H,24,25). The number of benzene rings is 4. The molecule has 5 heterocycles. The zero-order valence-corrected chi connectivity index (χ0v) is 72.3. The van der Waals surface area contributed by atoms with Gasteiger partial charge in [-0.15, -0.1) is 0 Å². The molecule has 24 nitrogen and oxygen atoms in total. The van der Waals surface area contributed by atoms with Crippen LogP contribution in [0.1, 0.15) is 257 Å². The highest BCUT2D eigenvalue weighted by atomic mass is 35.5. The fraction of sp³-hybridized carbons (Fsp3) is 0.682. The summed E-state index contributed by atoms with van der Waals surface area (Å²) in [4.78, 5) is 58.6. The maximum absolute atomic E-state index is 12.3. The van der Waals surface area contributed by atoms with E-state index < -0.39 is 67.3 Å². The Balaban J connectivity index is 0.000000166. The minimum atomic E-state index is -1.35. The van der Waals surface area contributed by atoms with E-state index >= 15 is 0 Å². The highest BCUT2D eigenvalue weighted by Crippen LogP contribution is 2.47. The number of likely N-dealkylation sites (N-methyl/N-ethyl adjacent to an activating group) is 1. The number of hydrogen-bond acceptors (Lipinski definition) is 20. The molecule has 650 valence electrons. The molecule has 9 unspecified atom stereocenters. The number of rotatable bonds is 33. The van der Waals surface area contributed by atoms with Crippen molar-refractivity contribution in [3.8, 4) is 0 Å². The van der Waals surface area contributed by atoms with E-state index in [2.05, 4.69) is 119 Å². The number of halogens is 2. The molecule has 13 rings (SSSR count). The van der Waals surface area contributed by atoms with Crippen LogP contribution in [0.25, 0.3) is 0 Å². The molecule has 9 aliphatic rings. The maximum atomic E-state index is 12.3. The van der Waals surface area contributed by atoms with Crippen molar-refractivity contribution in [2.75, 3.05) is 59.4 Å². The molecule has 0 bridgehead atoms. The van der Waals surface area contributed by atoms with E-state index in [0.717, 1.165) is 152 Å². The third-order valence-electron chi connectivity index (χ3n) is 29.0. The molecule has 0 radical (unpaired) electrons. The van der Waals surface area contributed by atoms with E-state index in [4.69, 9.17) is 85.6 Å². The van der Waals surface area contributed by atoms with Crippen molar-refractivity contribution >= 4 is 75.5 Å². The molecule has 5 aliphatic heterocycles. The Bertz CT molecular complexity index is 3900. The van der Waals surface area contributed by atoms with Gasteiger partial charge >= 0.3 is 46.4 Å². The molecule has 4 aliphatic carbocycles. The van der Waals surface area contributed by atoms with Gasteiger partial charge in [0, 0.05) is 46.7 Å². The third kappa shape index (κ3) is 23.7. The molecular formula is C88H137B4Cl2N9O15. The van der Waals surface area contributed by atoms with Crippen LogP contribution in [-0.4, -0.2) is 210 Å². The van der Waals surface area contributed by atoms with E-state index in [1.54, 1.807) is 7.05 Å². The Morgan fingerprint density at radius 3 is 1.22 bits per heavy atom. The van der Waals surface area contributed by atoms with Crippen LogP contribution >= 0.6 is 23.2 Å². The summed E-state index contributed by atoms with van der Waals surface area (Å²) in [5.41, 5.74) is 31.3. The lowest BCUT2D eigenvalue weighted by Crippen LogP contribution is -2.59. The van der Waals surface area contributed by atoms with E-state index in [0.29, 0.717) is 108 Å². The molecule has 5 fully saturated rings. The number of unbranched alkanes of at least 4 members (excludes halogenated alkanes) is 4. The number of nitrogens with one attached hydrogen (secondary N) is 1. The van der Waals surface area contributed by atoms with Gasteiger partial charge in [-0.1, -0.05) is 135 Å². The molecule has 5 saturated heterocycles. The van der Waals surface area contributed by atoms with Gasteiger partial charge < -0.3 is 83.0 Å². The second-order valence-electron chi connectivity index (χ2n) is 36.7. The number of likely N-dealkylation sites (tertiary alicyclic amines) is 4. The van der Waals surface area contributed by atoms with E-state index in [1.807, 2.05) is 18.2 Å². The lowest BCUT2D eigenvalue weighted by Gasteiger charge is -2.45. The zero-order chi connectivity index (χ0) is 85.3. The first-order chi connectivity index (χ1) is 56.1. The Labute approximate surface area is 712 Å². The lowest BCUT2D eigenvalue weighted by atomic mass is 9.73. The number of carbonyl (C=O) groups excluding carboxylic acids is 1. The first kappa shape index (κ1) is 95.2. The highest BCUT2D eigenvalue weighted by molar-refractivity contribution is 6.45. The SMILES string of the molecule is CC1(C)OB(CCCCC(N)(C(=O)O)C2CCN(C3CCCc4ccccc43)CC2)OC1(C)C.CNC(CCCCB(O)O)(C(=O)O)C1CCN(C2CCCc3ccccc32)CC1.NC(=O)C(N)(CCCCB(O)O)C1CCN(C2CCc3cc(Cl)ccc32)CC1.NC(CCCCB(O)O)(C(=O)O)C1CCN(C2CCc3cc(Cl)ccc32)C1. The fourth-order valence-corrected chi connectivity index (χ4v) is 21.6. The lowest BCUT2D eigenvalue weighted by molar-refractivity contribution is -0.149. The number of primary amides is 1. The van der Waals surface area contributed by atoms with Gasteiger partial charge in [-0.3, -0.25) is 38.8 Å². The molecule has 0 aromatic heterocycles. The molecule has 118 heavy (non-hydrogen) atoms. The molecule has 0 saturated carbocycles. The van der Waals surface area contributed by atoms with Crippen molar-refractivity contribution in [1.82, 2.24) is 24.9 Å². The number of fused-ring (bicyclic) bond motifs is 4. The summed E-state index contributed by atoms with van der Waals surface area (Å²) >= 11 is 12.2. The van der Waals surface area contributed by atoms with Crippen LogP contribution in [0.4, 0.5) is 0 Å². The second-order valence-corrected chi connectivity index (χ2v) is 37.5. The Hall–Kier alpha value is -5.04. The van der Waals surface area contributed by atoms with E-state index in [-0.39, 0.29) is 48.3 Å². The molecule has 1 amide bonds. The molecule has 0 spiro atoms. The van der Waals surface area contributed by atoms with Crippen LogP contribution in [0.2, 0.25) is 35.3 Å². The van der Waals surface area contributed by atoms with E-state index in [9.17, 15) is 34.5 Å². The van der Waals surface area contributed by atoms with Gasteiger partial charge in [-0.25, -0.2) is 0 Å². The monoisotopic (exact) mass is 1670 g/mol. The molecule has 9 atom stereocenters. The van der Waals surface area contributed by atoms with Crippen molar-refractivity contribution in [3.05, 3.63) is 139 Å². The molecule has 30 heteroatoms. The van der Waals surface area contributed by atoms with Gasteiger partial charge in [0.05, 0.1) is 16.7 Å². The number of carbonyl (C=O) groups is 4. The predicted molar refractivity (Wildman–Crippen MR) is 468 cm³/mol. The predicted octanol–water partition coefficient (Wildman–Crippen LogP) is 11.2. The van der Waals surface area contributed by atoms with Gasteiger partial charge in [-0.05, 0) is 327 Å². The largest absolute Gasteiger partial charge is 0.480 e. The first-order valence-electron chi connectivity index (χ1n) is 44.3. The normalized spacial score (nSPS) is 24.3. The van der Waals surface area contributed by atoms with Crippen molar-refractivity contribution < 1.29 is 74.0 Å². The minimum Gasteiger partial charge on any atom is -0.480 e. The van der Waals surface area contributed by atoms with Crippen LogP contribution in [0.5, 0.6) is 0 Å². The van der Waals surface area contributed by atoms with Gasteiger partial charge in [-0.2, -0.15) is 0 Å². The minimum absolute atomic E-state index is 0.0110. The zero-order valence-electron chi connectivity index (χ0n) is 70.8. The first-order valence-corrected chi connectivity index (χ1v) is 45.1. The number of aryl methyl sites for hydroxylation is 4. The average Bonchev–Trinajstić information content (AvgIpc) is 1.11. The average molecular weight is 1680 g/mol. The number of piperidine rings is 3. The molecular weight excluding hydrogens is 1540 g/mol. The van der Waals surface area contributed by atoms with Crippen molar-refractivity contribution in [1.29, 1.82) is 0 Å². The Morgan fingerprint density at radius 1 is 0.449 bits per heavy atom. The smallest absolute Gasteiger partial charge is 0.457 e.